The highest BCUT2D eigenvalue weighted by Crippen LogP contribution is 2.26. The Labute approximate surface area is 135 Å². The zero-order valence-corrected chi connectivity index (χ0v) is 14.1. The second kappa shape index (κ2) is 6.75. The van der Waals surface area contributed by atoms with Gasteiger partial charge in [-0.05, 0) is 25.5 Å². The third kappa shape index (κ3) is 4.58. The van der Waals surface area contributed by atoms with Crippen LogP contribution in [-0.2, 0) is 24.6 Å². The standard InChI is InChI=1S/C13H18N2O6S2/c1-2-21-13(16)14-11-5-3-4-6-12(11)15-23(19,20)10-7-8-22(17,18)9-10/h3-6,10,15H,2,7-9H2,1H3,(H,14,16)/t10-/m1/s1. The number of para-hydroxylation sites is 2. The Bertz CT molecular complexity index is 788. The molecule has 1 fully saturated rings. The molecule has 10 heteroatoms. The molecule has 0 aromatic heterocycles. The second-order valence-corrected chi connectivity index (χ2v) is 9.25. The van der Waals surface area contributed by atoms with Crippen LogP contribution >= 0.6 is 0 Å². The van der Waals surface area contributed by atoms with Gasteiger partial charge in [-0.25, -0.2) is 21.6 Å². The van der Waals surface area contributed by atoms with Gasteiger partial charge in [-0.3, -0.25) is 10.0 Å². The molecule has 2 rings (SSSR count). The van der Waals surface area contributed by atoms with E-state index in [-0.39, 0.29) is 30.2 Å². The van der Waals surface area contributed by atoms with E-state index in [4.69, 9.17) is 4.74 Å². The van der Waals surface area contributed by atoms with Crippen LogP contribution in [0.25, 0.3) is 0 Å². The summed E-state index contributed by atoms with van der Waals surface area (Å²) in [5.74, 6) is -0.531. The average molecular weight is 362 g/mol. The van der Waals surface area contributed by atoms with Gasteiger partial charge in [-0.2, -0.15) is 0 Å². The highest BCUT2D eigenvalue weighted by atomic mass is 32.2. The van der Waals surface area contributed by atoms with Gasteiger partial charge in [0.05, 0.1) is 34.7 Å². The van der Waals surface area contributed by atoms with Crippen LogP contribution < -0.4 is 10.0 Å². The van der Waals surface area contributed by atoms with Gasteiger partial charge in [0, 0.05) is 0 Å². The van der Waals surface area contributed by atoms with Crippen molar-refractivity contribution in [2.75, 3.05) is 28.2 Å². The predicted molar refractivity (Wildman–Crippen MR) is 86.7 cm³/mol. The summed E-state index contributed by atoms with van der Waals surface area (Å²) >= 11 is 0. The number of hydrogen-bond donors (Lipinski definition) is 2. The van der Waals surface area contributed by atoms with Crippen molar-refractivity contribution in [2.24, 2.45) is 0 Å². The molecule has 1 aromatic rings. The molecule has 0 unspecified atom stereocenters. The van der Waals surface area contributed by atoms with Gasteiger partial charge in [0.15, 0.2) is 9.84 Å². The normalized spacial score (nSPS) is 20.0. The average Bonchev–Trinajstić information content (AvgIpc) is 2.82. The minimum atomic E-state index is -3.88. The topological polar surface area (TPSA) is 119 Å². The summed E-state index contributed by atoms with van der Waals surface area (Å²) in [6.45, 7) is 1.83. The van der Waals surface area contributed by atoms with Crippen LogP contribution in [0.4, 0.5) is 16.2 Å². The largest absolute Gasteiger partial charge is 0.450 e. The SMILES string of the molecule is CCOC(=O)Nc1ccccc1NS(=O)(=O)[C@@H]1CCS(=O)(=O)C1. The van der Waals surface area contributed by atoms with Gasteiger partial charge < -0.3 is 4.74 Å². The fourth-order valence-electron chi connectivity index (χ4n) is 2.20. The van der Waals surface area contributed by atoms with Gasteiger partial charge in [0.1, 0.15) is 0 Å². The van der Waals surface area contributed by atoms with E-state index in [1.807, 2.05) is 0 Å². The molecular formula is C13H18N2O6S2. The number of hydrogen-bond acceptors (Lipinski definition) is 6. The molecule has 23 heavy (non-hydrogen) atoms. The number of anilines is 2. The van der Waals surface area contributed by atoms with E-state index in [0.29, 0.717) is 0 Å². The highest BCUT2D eigenvalue weighted by Gasteiger charge is 2.37. The lowest BCUT2D eigenvalue weighted by Gasteiger charge is -2.16. The summed E-state index contributed by atoms with van der Waals surface area (Å²) in [6.07, 6.45) is -0.645. The first kappa shape index (κ1) is 17.5. The van der Waals surface area contributed by atoms with E-state index >= 15 is 0 Å². The van der Waals surface area contributed by atoms with E-state index < -0.39 is 37.0 Å². The Balaban J connectivity index is 2.18. The molecule has 1 amide bonds. The second-order valence-electron chi connectivity index (χ2n) is 5.06. The Morgan fingerprint density at radius 2 is 1.96 bits per heavy atom. The van der Waals surface area contributed by atoms with Gasteiger partial charge in [0.2, 0.25) is 10.0 Å². The van der Waals surface area contributed by atoms with Crippen LogP contribution in [0.5, 0.6) is 0 Å². The molecule has 0 spiro atoms. The Kier molecular flexibility index (Phi) is 5.15. The lowest BCUT2D eigenvalue weighted by atomic mass is 10.3. The summed E-state index contributed by atoms with van der Waals surface area (Å²) in [4.78, 5) is 11.5. The van der Waals surface area contributed by atoms with E-state index in [9.17, 15) is 21.6 Å². The number of nitrogens with one attached hydrogen (secondary N) is 2. The number of benzene rings is 1. The summed E-state index contributed by atoms with van der Waals surface area (Å²) in [6, 6.07) is 6.21. The van der Waals surface area contributed by atoms with Gasteiger partial charge in [-0.15, -0.1) is 0 Å². The monoisotopic (exact) mass is 362 g/mol. The smallest absolute Gasteiger partial charge is 0.411 e. The molecule has 8 nitrogen and oxygen atoms in total. The summed E-state index contributed by atoms with van der Waals surface area (Å²) in [5.41, 5.74) is 0.389. The predicted octanol–water partition coefficient (Wildman–Crippen LogP) is 1.18. The number of carbonyl (C=O) groups is 1. The number of carbonyl (C=O) groups excluding carboxylic acids is 1. The van der Waals surface area contributed by atoms with Crippen molar-refractivity contribution in [2.45, 2.75) is 18.6 Å². The van der Waals surface area contributed by atoms with Crippen LogP contribution in [0.2, 0.25) is 0 Å². The summed E-state index contributed by atoms with van der Waals surface area (Å²) in [7, 11) is -7.19. The van der Waals surface area contributed by atoms with Crippen molar-refractivity contribution < 1.29 is 26.4 Å². The molecule has 2 N–H and O–H groups in total. The van der Waals surface area contributed by atoms with Crippen LogP contribution in [0.1, 0.15) is 13.3 Å². The molecule has 1 aliphatic rings. The number of amides is 1. The first-order chi connectivity index (χ1) is 10.7. The molecule has 1 heterocycles. The van der Waals surface area contributed by atoms with E-state index in [0.717, 1.165) is 0 Å². The summed E-state index contributed by atoms with van der Waals surface area (Å²) in [5, 5.41) is 1.44. The number of rotatable bonds is 5. The number of ether oxygens (including phenoxy) is 1. The van der Waals surface area contributed by atoms with Crippen LogP contribution in [0.3, 0.4) is 0 Å². The lowest BCUT2D eigenvalue weighted by Crippen LogP contribution is -2.29. The fraction of sp³-hybridized carbons (Fsp3) is 0.462. The van der Waals surface area contributed by atoms with Crippen LogP contribution in [-0.4, -0.2) is 46.3 Å². The molecule has 0 radical (unpaired) electrons. The fourth-order valence-corrected chi connectivity index (χ4v) is 6.31. The molecule has 0 bridgehead atoms. The molecule has 1 aromatic carbocycles. The maximum absolute atomic E-state index is 12.3. The number of sulfone groups is 1. The van der Waals surface area contributed by atoms with Crippen molar-refractivity contribution >= 4 is 37.3 Å². The van der Waals surface area contributed by atoms with Crippen LogP contribution in [0, 0.1) is 0 Å². The molecule has 0 saturated carbocycles. The summed E-state index contributed by atoms with van der Waals surface area (Å²) < 4.78 is 54.7. The van der Waals surface area contributed by atoms with Gasteiger partial charge in [0.25, 0.3) is 0 Å². The van der Waals surface area contributed by atoms with Gasteiger partial charge >= 0.3 is 6.09 Å². The maximum atomic E-state index is 12.3. The molecule has 1 aliphatic heterocycles. The molecule has 1 saturated heterocycles. The third-order valence-electron chi connectivity index (χ3n) is 3.32. The Morgan fingerprint density at radius 1 is 1.30 bits per heavy atom. The quantitative estimate of drug-likeness (QED) is 0.812. The van der Waals surface area contributed by atoms with Crippen molar-refractivity contribution in [3.05, 3.63) is 24.3 Å². The lowest BCUT2D eigenvalue weighted by molar-refractivity contribution is 0.168. The zero-order valence-electron chi connectivity index (χ0n) is 12.5. The van der Waals surface area contributed by atoms with Crippen molar-refractivity contribution in [1.29, 1.82) is 0 Å². The van der Waals surface area contributed by atoms with Crippen molar-refractivity contribution in [3.63, 3.8) is 0 Å². The van der Waals surface area contributed by atoms with Gasteiger partial charge in [-0.1, -0.05) is 12.1 Å². The maximum Gasteiger partial charge on any atom is 0.411 e. The Hall–Kier alpha value is -1.81. The Morgan fingerprint density at radius 3 is 2.52 bits per heavy atom. The van der Waals surface area contributed by atoms with E-state index in [2.05, 4.69) is 10.0 Å². The third-order valence-corrected chi connectivity index (χ3v) is 7.08. The van der Waals surface area contributed by atoms with Crippen LogP contribution in [0.15, 0.2) is 24.3 Å². The highest BCUT2D eigenvalue weighted by molar-refractivity contribution is 7.97. The van der Waals surface area contributed by atoms with E-state index in [1.54, 1.807) is 19.1 Å². The molecular weight excluding hydrogens is 344 g/mol. The molecule has 1 atom stereocenters. The van der Waals surface area contributed by atoms with Crippen molar-refractivity contribution in [3.8, 4) is 0 Å². The first-order valence-corrected chi connectivity index (χ1v) is 10.3. The first-order valence-electron chi connectivity index (χ1n) is 6.98. The van der Waals surface area contributed by atoms with E-state index in [1.165, 1.54) is 12.1 Å². The zero-order chi connectivity index (χ0) is 17.1. The minimum absolute atomic E-state index is 0.0607. The molecule has 128 valence electrons. The number of sulfonamides is 1. The minimum Gasteiger partial charge on any atom is -0.450 e. The van der Waals surface area contributed by atoms with Crippen molar-refractivity contribution in [1.82, 2.24) is 0 Å². The molecule has 0 aliphatic carbocycles.